The highest BCUT2D eigenvalue weighted by Crippen LogP contribution is 2.12. The van der Waals surface area contributed by atoms with Gasteiger partial charge in [0.15, 0.2) is 0 Å². The molecule has 0 aromatic heterocycles. The molecule has 0 saturated carbocycles. The molecule has 23 heavy (non-hydrogen) atoms. The minimum absolute atomic E-state index is 0.136. The Morgan fingerprint density at radius 3 is 2.61 bits per heavy atom. The van der Waals surface area contributed by atoms with E-state index in [1.54, 1.807) is 6.07 Å². The third-order valence-electron chi connectivity index (χ3n) is 3.70. The first-order chi connectivity index (χ1) is 11.0. The van der Waals surface area contributed by atoms with Crippen LogP contribution in [-0.4, -0.2) is 30.3 Å². The summed E-state index contributed by atoms with van der Waals surface area (Å²) in [4.78, 5) is 12.1. The van der Waals surface area contributed by atoms with Crippen molar-refractivity contribution in [2.45, 2.75) is 26.9 Å². The van der Waals surface area contributed by atoms with Gasteiger partial charge in [-0.25, -0.2) is 0 Å². The molecule has 4 nitrogen and oxygen atoms in total. The SMILES string of the molecule is Cc1cccc(OC[C@H](O)CNC(=O)c2ccc(C)c(C)c2)c1. The Bertz CT molecular complexity index is 682. The van der Waals surface area contributed by atoms with E-state index in [-0.39, 0.29) is 19.1 Å². The van der Waals surface area contributed by atoms with Crippen molar-refractivity contribution < 1.29 is 14.6 Å². The number of aryl methyl sites for hydroxylation is 3. The van der Waals surface area contributed by atoms with Gasteiger partial charge in [0.1, 0.15) is 18.5 Å². The van der Waals surface area contributed by atoms with Crippen LogP contribution in [0.3, 0.4) is 0 Å². The molecule has 2 N–H and O–H groups in total. The normalized spacial score (nSPS) is 11.8. The summed E-state index contributed by atoms with van der Waals surface area (Å²) in [5.74, 6) is 0.521. The zero-order valence-electron chi connectivity index (χ0n) is 13.8. The van der Waals surface area contributed by atoms with Gasteiger partial charge in [-0.15, -0.1) is 0 Å². The van der Waals surface area contributed by atoms with Gasteiger partial charge in [0, 0.05) is 12.1 Å². The fourth-order valence-corrected chi connectivity index (χ4v) is 2.15. The van der Waals surface area contributed by atoms with Crippen molar-refractivity contribution >= 4 is 5.91 Å². The molecular weight excluding hydrogens is 290 g/mol. The second-order valence-corrected chi connectivity index (χ2v) is 5.79. The first-order valence-corrected chi connectivity index (χ1v) is 7.68. The lowest BCUT2D eigenvalue weighted by Gasteiger charge is -2.14. The monoisotopic (exact) mass is 313 g/mol. The van der Waals surface area contributed by atoms with Crippen LogP contribution < -0.4 is 10.1 Å². The van der Waals surface area contributed by atoms with Gasteiger partial charge in [-0.2, -0.15) is 0 Å². The average Bonchev–Trinajstić information content (AvgIpc) is 2.53. The number of nitrogens with one attached hydrogen (secondary N) is 1. The highest BCUT2D eigenvalue weighted by molar-refractivity contribution is 5.94. The number of ether oxygens (including phenoxy) is 1. The van der Waals surface area contributed by atoms with Crippen LogP contribution >= 0.6 is 0 Å². The minimum Gasteiger partial charge on any atom is -0.491 e. The molecule has 1 amide bonds. The smallest absolute Gasteiger partial charge is 0.251 e. The number of hydrogen-bond acceptors (Lipinski definition) is 3. The third kappa shape index (κ3) is 5.11. The summed E-state index contributed by atoms with van der Waals surface area (Å²) >= 11 is 0. The fourth-order valence-electron chi connectivity index (χ4n) is 2.15. The van der Waals surface area contributed by atoms with Crippen molar-refractivity contribution in [3.63, 3.8) is 0 Å². The molecule has 0 unspecified atom stereocenters. The molecule has 122 valence electrons. The van der Waals surface area contributed by atoms with Crippen LogP contribution in [0.4, 0.5) is 0 Å². The summed E-state index contributed by atoms with van der Waals surface area (Å²) in [5.41, 5.74) is 3.91. The molecule has 0 radical (unpaired) electrons. The van der Waals surface area contributed by atoms with Crippen molar-refractivity contribution in [3.05, 3.63) is 64.7 Å². The predicted octanol–water partition coefficient (Wildman–Crippen LogP) is 2.78. The van der Waals surface area contributed by atoms with E-state index < -0.39 is 6.10 Å². The summed E-state index contributed by atoms with van der Waals surface area (Å²) in [6.07, 6.45) is -0.758. The first-order valence-electron chi connectivity index (χ1n) is 7.68. The standard InChI is InChI=1S/C19H23NO3/c1-13-5-4-6-18(9-13)23-12-17(21)11-20-19(22)16-8-7-14(2)15(3)10-16/h4-10,17,21H,11-12H2,1-3H3,(H,20,22)/t17-/m1/s1. The summed E-state index contributed by atoms with van der Waals surface area (Å²) in [6, 6.07) is 13.2. The zero-order valence-corrected chi connectivity index (χ0v) is 13.8. The maximum absolute atomic E-state index is 12.1. The summed E-state index contributed by atoms with van der Waals surface area (Å²) in [7, 11) is 0. The molecule has 0 heterocycles. The lowest BCUT2D eigenvalue weighted by molar-refractivity contribution is 0.0843. The Labute approximate surface area is 137 Å². The van der Waals surface area contributed by atoms with E-state index in [2.05, 4.69) is 5.32 Å². The van der Waals surface area contributed by atoms with Crippen LogP contribution in [0.5, 0.6) is 5.75 Å². The van der Waals surface area contributed by atoms with Crippen molar-refractivity contribution in [1.29, 1.82) is 0 Å². The molecular formula is C19H23NO3. The van der Waals surface area contributed by atoms with Crippen molar-refractivity contribution in [1.82, 2.24) is 5.32 Å². The van der Waals surface area contributed by atoms with Crippen molar-refractivity contribution in [3.8, 4) is 5.75 Å². The molecule has 1 atom stereocenters. The Kier molecular flexibility index (Phi) is 5.77. The number of aliphatic hydroxyl groups excluding tert-OH is 1. The molecule has 0 aliphatic rings. The van der Waals surface area contributed by atoms with Gasteiger partial charge in [0.25, 0.3) is 5.91 Å². The van der Waals surface area contributed by atoms with Gasteiger partial charge in [-0.3, -0.25) is 4.79 Å². The molecule has 2 rings (SSSR count). The van der Waals surface area contributed by atoms with Crippen molar-refractivity contribution in [2.24, 2.45) is 0 Å². The molecule has 2 aromatic rings. The van der Waals surface area contributed by atoms with Gasteiger partial charge >= 0.3 is 0 Å². The number of aliphatic hydroxyl groups is 1. The van der Waals surface area contributed by atoms with Crippen LogP contribution in [0, 0.1) is 20.8 Å². The Hall–Kier alpha value is -2.33. The quantitative estimate of drug-likeness (QED) is 0.862. The fraction of sp³-hybridized carbons (Fsp3) is 0.316. The van der Waals surface area contributed by atoms with E-state index >= 15 is 0 Å². The number of hydrogen-bond donors (Lipinski definition) is 2. The maximum Gasteiger partial charge on any atom is 0.251 e. The number of carbonyl (C=O) groups excluding carboxylic acids is 1. The van der Waals surface area contributed by atoms with Crippen LogP contribution in [-0.2, 0) is 0 Å². The molecule has 0 saturated heterocycles. The van der Waals surface area contributed by atoms with Gasteiger partial charge in [-0.1, -0.05) is 18.2 Å². The van der Waals surface area contributed by atoms with Crippen LogP contribution in [0.2, 0.25) is 0 Å². The number of amides is 1. The highest BCUT2D eigenvalue weighted by Gasteiger charge is 2.10. The first kappa shape index (κ1) is 17.0. The lowest BCUT2D eigenvalue weighted by atomic mass is 10.1. The molecule has 0 spiro atoms. The number of benzene rings is 2. The van der Waals surface area contributed by atoms with Gasteiger partial charge in [-0.05, 0) is 61.7 Å². The summed E-state index contributed by atoms with van der Waals surface area (Å²) in [6.45, 7) is 6.24. The molecule has 4 heteroatoms. The van der Waals surface area contributed by atoms with E-state index in [9.17, 15) is 9.90 Å². The Morgan fingerprint density at radius 1 is 1.13 bits per heavy atom. The van der Waals surface area contributed by atoms with Gasteiger partial charge in [0.2, 0.25) is 0 Å². The zero-order chi connectivity index (χ0) is 16.8. The van der Waals surface area contributed by atoms with E-state index in [0.29, 0.717) is 11.3 Å². The van der Waals surface area contributed by atoms with Crippen LogP contribution in [0.25, 0.3) is 0 Å². The Morgan fingerprint density at radius 2 is 1.91 bits per heavy atom. The predicted molar refractivity (Wildman–Crippen MR) is 90.9 cm³/mol. The molecule has 0 bridgehead atoms. The third-order valence-corrected chi connectivity index (χ3v) is 3.70. The highest BCUT2D eigenvalue weighted by atomic mass is 16.5. The largest absolute Gasteiger partial charge is 0.491 e. The second kappa shape index (κ2) is 7.79. The lowest BCUT2D eigenvalue weighted by Crippen LogP contribution is -2.35. The van der Waals surface area contributed by atoms with E-state index in [0.717, 1.165) is 16.7 Å². The van der Waals surface area contributed by atoms with E-state index in [1.165, 1.54) is 0 Å². The van der Waals surface area contributed by atoms with E-state index in [4.69, 9.17) is 4.74 Å². The second-order valence-electron chi connectivity index (χ2n) is 5.79. The van der Waals surface area contributed by atoms with Gasteiger partial charge in [0.05, 0.1) is 0 Å². The van der Waals surface area contributed by atoms with Gasteiger partial charge < -0.3 is 15.2 Å². The van der Waals surface area contributed by atoms with Crippen molar-refractivity contribution in [2.75, 3.05) is 13.2 Å². The molecule has 2 aromatic carbocycles. The van der Waals surface area contributed by atoms with E-state index in [1.807, 2.05) is 57.2 Å². The number of carbonyl (C=O) groups is 1. The average molecular weight is 313 g/mol. The van der Waals surface area contributed by atoms with Crippen LogP contribution in [0.1, 0.15) is 27.0 Å². The topological polar surface area (TPSA) is 58.6 Å². The summed E-state index contributed by atoms with van der Waals surface area (Å²) < 4.78 is 5.52. The maximum atomic E-state index is 12.1. The Balaban J connectivity index is 1.80. The summed E-state index contributed by atoms with van der Waals surface area (Å²) in [5, 5.41) is 12.7. The molecule has 0 aliphatic heterocycles. The molecule has 0 fully saturated rings. The van der Waals surface area contributed by atoms with Crippen LogP contribution in [0.15, 0.2) is 42.5 Å². The number of rotatable bonds is 6. The molecule has 0 aliphatic carbocycles. The minimum atomic E-state index is -0.758.